The lowest BCUT2D eigenvalue weighted by molar-refractivity contribution is -0.307. The summed E-state index contributed by atoms with van der Waals surface area (Å²) in [5, 5.41) is 10.5. The van der Waals surface area contributed by atoms with E-state index in [0.717, 1.165) is 0 Å². The molecule has 4 nitrogen and oxygen atoms in total. The van der Waals surface area contributed by atoms with Crippen LogP contribution in [0.5, 0.6) is 5.75 Å². The molecule has 0 aliphatic heterocycles. The van der Waals surface area contributed by atoms with Crippen molar-refractivity contribution >= 4 is 23.9 Å². The second-order valence-corrected chi connectivity index (χ2v) is 2.90. The molecule has 1 aromatic carbocycles. The van der Waals surface area contributed by atoms with E-state index in [1.165, 1.54) is 18.2 Å². The van der Waals surface area contributed by atoms with Gasteiger partial charge < -0.3 is 14.6 Å². The topological polar surface area (TPSA) is 66.4 Å². The summed E-state index contributed by atoms with van der Waals surface area (Å²) in [6.07, 6.45) is 0.538. The average molecular weight is 214 g/mol. The maximum atomic E-state index is 10.5. The third-order valence-electron chi connectivity index (χ3n) is 1.44. The zero-order valence-corrected chi connectivity index (χ0v) is 7.78. The number of benzene rings is 1. The standard InChI is InChI=1S/C9H7ClO4/c10-7-1-2-8(6(3-7)4-11)14-5-9(12)13/h1-4H,5H2,(H,12,13)/p-1. The SMILES string of the molecule is O=Cc1cc(Cl)ccc1OCC(=O)[O-]. The maximum absolute atomic E-state index is 10.5. The highest BCUT2D eigenvalue weighted by molar-refractivity contribution is 6.30. The Kier molecular flexibility index (Phi) is 3.48. The second kappa shape index (κ2) is 4.62. The van der Waals surface area contributed by atoms with Crippen LogP contribution < -0.4 is 9.84 Å². The molecule has 0 heterocycles. The number of ether oxygens (including phenoxy) is 1. The van der Waals surface area contributed by atoms with Gasteiger partial charge >= 0.3 is 0 Å². The second-order valence-electron chi connectivity index (χ2n) is 2.46. The Morgan fingerprint density at radius 2 is 2.29 bits per heavy atom. The van der Waals surface area contributed by atoms with Gasteiger partial charge in [-0.15, -0.1) is 0 Å². The first kappa shape index (κ1) is 10.5. The molecule has 14 heavy (non-hydrogen) atoms. The summed E-state index contributed by atoms with van der Waals surface area (Å²) < 4.78 is 4.79. The van der Waals surface area contributed by atoms with Gasteiger partial charge in [0, 0.05) is 5.02 Å². The summed E-state index contributed by atoms with van der Waals surface area (Å²) in [6, 6.07) is 4.31. The number of carbonyl (C=O) groups excluding carboxylic acids is 2. The molecule has 1 rings (SSSR count). The number of rotatable bonds is 4. The third-order valence-corrected chi connectivity index (χ3v) is 1.68. The first-order chi connectivity index (χ1) is 6.63. The lowest BCUT2D eigenvalue weighted by atomic mass is 10.2. The van der Waals surface area contributed by atoms with Gasteiger partial charge in [0.05, 0.1) is 11.5 Å². The van der Waals surface area contributed by atoms with E-state index in [0.29, 0.717) is 11.3 Å². The van der Waals surface area contributed by atoms with Crippen molar-refractivity contribution in [1.82, 2.24) is 0 Å². The van der Waals surface area contributed by atoms with Gasteiger partial charge in [-0.25, -0.2) is 0 Å². The van der Waals surface area contributed by atoms with Gasteiger partial charge in [0.25, 0.3) is 0 Å². The minimum Gasteiger partial charge on any atom is -0.546 e. The van der Waals surface area contributed by atoms with Crippen molar-refractivity contribution in [1.29, 1.82) is 0 Å². The van der Waals surface area contributed by atoms with Crippen LogP contribution in [0, 0.1) is 0 Å². The highest BCUT2D eigenvalue weighted by Crippen LogP contribution is 2.20. The molecule has 1 aromatic rings. The van der Waals surface area contributed by atoms with E-state index in [1.54, 1.807) is 0 Å². The molecule has 0 saturated carbocycles. The van der Waals surface area contributed by atoms with Crippen LogP contribution in [-0.4, -0.2) is 18.9 Å². The maximum Gasteiger partial charge on any atom is 0.153 e. The Morgan fingerprint density at radius 3 is 2.86 bits per heavy atom. The predicted molar refractivity (Wildman–Crippen MR) is 47.3 cm³/mol. The van der Waals surface area contributed by atoms with Crippen LogP contribution in [0.3, 0.4) is 0 Å². The average Bonchev–Trinajstić information content (AvgIpc) is 2.15. The van der Waals surface area contributed by atoms with E-state index in [4.69, 9.17) is 16.3 Å². The molecule has 0 N–H and O–H groups in total. The number of hydrogen-bond donors (Lipinski definition) is 0. The highest BCUT2D eigenvalue weighted by Gasteiger charge is 2.03. The van der Waals surface area contributed by atoms with Crippen LogP contribution in [0.15, 0.2) is 18.2 Å². The van der Waals surface area contributed by atoms with E-state index in [-0.39, 0.29) is 11.3 Å². The van der Waals surface area contributed by atoms with Crippen molar-refractivity contribution in [3.63, 3.8) is 0 Å². The van der Waals surface area contributed by atoms with E-state index in [2.05, 4.69) is 0 Å². The molecule has 0 atom stereocenters. The first-order valence-corrected chi connectivity index (χ1v) is 4.08. The fourth-order valence-electron chi connectivity index (χ4n) is 0.880. The fourth-order valence-corrected chi connectivity index (χ4v) is 1.06. The number of carboxylic acid groups (broad SMARTS) is 1. The lowest BCUT2D eigenvalue weighted by Crippen LogP contribution is -2.29. The highest BCUT2D eigenvalue weighted by atomic mass is 35.5. The first-order valence-electron chi connectivity index (χ1n) is 3.71. The molecule has 0 saturated heterocycles. The van der Waals surface area contributed by atoms with Crippen molar-refractivity contribution < 1.29 is 19.4 Å². The molecule has 0 amide bonds. The lowest BCUT2D eigenvalue weighted by Gasteiger charge is -2.08. The number of aldehydes is 1. The molecular formula is C9H6ClO4-. The number of halogens is 1. The summed E-state index contributed by atoms with van der Waals surface area (Å²) in [5.41, 5.74) is 0.207. The number of carbonyl (C=O) groups is 2. The molecule has 0 spiro atoms. The van der Waals surface area contributed by atoms with Crippen molar-refractivity contribution in [2.45, 2.75) is 0 Å². The van der Waals surface area contributed by atoms with E-state index < -0.39 is 12.6 Å². The Bertz CT molecular complexity index is 362. The van der Waals surface area contributed by atoms with Crippen LogP contribution in [0.25, 0.3) is 0 Å². The van der Waals surface area contributed by atoms with Crippen LogP contribution in [0.4, 0.5) is 0 Å². The minimum atomic E-state index is -1.35. The Hall–Kier alpha value is -1.55. The molecule has 0 bridgehead atoms. The minimum absolute atomic E-state index is 0.175. The van der Waals surface area contributed by atoms with Crippen molar-refractivity contribution in [2.24, 2.45) is 0 Å². The Balaban J connectivity index is 2.85. The van der Waals surface area contributed by atoms with Crippen molar-refractivity contribution in [3.05, 3.63) is 28.8 Å². The quantitative estimate of drug-likeness (QED) is 0.674. The van der Waals surface area contributed by atoms with Gasteiger partial charge in [-0.1, -0.05) is 11.6 Å². The molecule has 0 aliphatic carbocycles. The molecule has 0 radical (unpaired) electrons. The van der Waals surface area contributed by atoms with Crippen LogP contribution in [-0.2, 0) is 4.79 Å². The number of hydrogen-bond acceptors (Lipinski definition) is 4. The number of aliphatic carboxylic acids is 1. The predicted octanol–water partition coefficient (Wildman–Crippen LogP) is 0.281. The monoisotopic (exact) mass is 213 g/mol. The van der Waals surface area contributed by atoms with Crippen LogP contribution in [0.2, 0.25) is 5.02 Å². The summed E-state index contributed by atoms with van der Waals surface area (Å²) in [5.74, 6) is -1.18. The van der Waals surface area contributed by atoms with Crippen molar-refractivity contribution in [3.8, 4) is 5.75 Å². The molecule has 0 unspecified atom stereocenters. The zero-order chi connectivity index (χ0) is 10.6. The van der Waals surface area contributed by atoms with Gasteiger partial charge in [0.1, 0.15) is 12.4 Å². The van der Waals surface area contributed by atoms with E-state index >= 15 is 0 Å². The Morgan fingerprint density at radius 1 is 1.57 bits per heavy atom. The van der Waals surface area contributed by atoms with Gasteiger partial charge in [0.15, 0.2) is 6.29 Å². The normalized spacial score (nSPS) is 9.50. The van der Waals surface area contributed by atoms with E-state index in [1.807, 2.05) is 0 Å². The van der Waals surface area contributed by atoms with Crippen LogP contribution in [0.1, 0.15) is 10.4 Å². The van der Waals surface area contributed by atoms with Crippen LogP contribution >= 0.6 is 11.6 Å². The van der Waals surface area contributed by atoms with Gasteiger partial charge in [-0.3, -0.25) is 4.79 Å². The largest absolute Gasteiger partial charge is 0.546 e. The van der Waals surface area contributed by atoms with E-state index in [9.17, 15) is 14.7 Å². The smallest absolute Gasteiger partial charge is 0.153 e. The summed E-state index contributed by atoms with van der Waals surface area (Å²) in [4.78, 5) is 20.6. The van der Waals surface area contributed by atoms with Crippen molar-refractivity contribution in [2.75, 3.05) is 6.61 Å². The molecule has 0 fully saturated rings. The Labute approximate surface area is 85.1 Å². The molecule has 74 valence electrons. The summed E-state index contributed by atoms with van der Waals surface area (Å²) >= 11 is 5.62. The fraction of sp³-hybridized carbons (Fsp3) is 0.111. The summed E-state index contributed by atoms with van der Waals surface area (Å²) in [7, 11) is 0. The van der Waals surface area contributed by atoms with Gasteiger partial charge in [-0.2, -0.15) is 0 Å². The summed E-state index contributed by atoms with van der Waals surface area (Å²) in [6.45, 7) is -0.595. The zero-order valence-electron chi connectivity index (χ0n) is 7.03. The molecular weight excluding hydrogens is 208 g/mol. The number of carboxylic acids is 1. The van der Waals surface area contributed by atoms with Gasteiger partial charge in [0.2, 0.25) is 0 Å². The third kappa shape index (κ3) is 2.74. The molecule has 0 aromatic heterocycles. The molecule has 5 heteroatoms. The van der Waals surface area contributed by atoms with Gasteiger partial charge in [-0.05, 0) is 18.2 Å². The molecule has 0 aliphatic rings.